The van der Waals surface area contributed by atoms with Gasteiger partial charge in [0.1, 0.15) is 11.5 Å². The van der Waals surface area contributed by atoms with Gasteiger partial charge in [-0.1, -0.05) is 30.1 Å². The summed E-state index contributed by atoms with van der Waals surface area (Å²) in [4.78, 5) is 23.6. The van der Waals surface area contributed by atoms with Gasteiger partial charge in [-0.05, 0) is 43.7 Å². The fraction of sp³-hybridized carbons (Fsp3) is 0.263. The highest BCUT2D eigenvalue weighted by molar-refractivity contribution is 6.36. The number of aldehydes is 1. The van der Waals surface area contributed by atoms with Crippen molar-refractivity contribution < 1.29 is 19.1 Å². The molecule has 2 rings (SSSR count). The third kappa shape index (κ3) is 5.38. The molecule has 2 aromatic rings. The molecule has 0 spiro atoms. The van der Waals surface area contributed by atoms with E-state index in [4.69, 9.17) is 32.7 Å². The van der Waals surface area contributed by atoms with Crippen molar-refractivity contribution in [2.75, 3.05) is 11.9 Å². The molecular formula is C19H19Cl2NO4. The molecular weight excluding hydrogens is 377 g/mol. The van der Waals surface area contributed by atoms with E-state index in [1.54, 1.807) is 37.3 Å². The lowest BCUT2D eigenvalue weighted by atomic mass is 10.2. The fourth-order valence-electron chi connectivity index (χ4n) is 2.09. The molecule has 0 radical (unpaired) electrons. The normalized spacial score (nSPS) is 11.5. The average Bonchev–Trinajstić information content (AvgIpc) is 2.62. The van der Waals surface area contributed by atoms with Crippen LogP contribution in [-0.4, -0.2) is 24.9 Å². The van der Waals surface area contributed by atoms with E-state index >= 15 is 0 Å². The van der Waals surface area contributed by atoms with Gasteiger partial charge >= 0.3 is 0 Å². The van der Waals surface area contributed by atoms with Crippen molar-refractivity contribution >= 4 is 41.1 Å². The summed E-state index contributed by atoms with van der Waals surface area (Å²) < 4.78 is 11.2. The molecule has 0 aliphatic carbocycles. The predicted octanol–water partition coefficient (Wildman–Crippen LogP) is 5.00. The Morgan fingerprint density at radius 3 is 2.65 bits per heavy atom. The smallest absolute Gasteiger partial charge is 0.265 e. The quantitative estimate of drug-likeness (QED) is 0.638. The van der Waals surface area contributed by atoms with Crippen molar-refractivity contribution in [2.45, 2.75) is 26.4 Å². The van der Waals surface area contributed by atoms with Gasteiger partial charge in [-0.2, -0.15) is 0 Å². The summed E-state index contributed by atoms with van der Waals surface area (Å²) in [6, 6.07) is 9.62. The standard InChI is InChI=1S/C19H19Cl2NO4/c1-3-8-25-15-6-4-13(11-23)18(10-15)26-12(2)19(24)22-17-7-5-14(20)9-16(17)21/h4-7,9-12H,3,8H2,1-2H3,(H,22,24)/t12-/m0/s1. The molecule has 138 valence electrons. The molecule has 7 heteroatoms. The Balaban J connectivity index is 2.10. The van der Waals surface area contributed by atoms with Crippen LogP contribution < -0.4 is 14.8 Å². The van der Waals surface area contributed by atoms with Crippen LogP contribution in [0.5, 0.6) is 11.5 Å². The number of benzene rings is 2. The molecule has 0 unspecified atom stereocenters. The van der Waals surface area contributed by atoms with Crippen molar-refractivity contribution in [3.63, 3.8) is 0 Å². The first-order chi connectivity index (χ1) is 12.4. The average molecular weight is 396 g/mol. The third-order valence-corrected chi connectivity index (χ3v) is 3.99. The van der Waals surface area contributed by atoms with Gasteiger partial charge < -0.3 is 14.8 Å². The van der Waals surface area contributed by atoms with Gasteiger partial charge in [0.2, 0.25) is 0 Å². The Morgan fingerprint density at radius 2 is 2.00 bits per heavy atom. The van der Waals surface area contributed by atoms with Crippen molar-refractivity contribution in [1.82, 2.24) is 0 Å². The lowest BCUT2D eigenvalue weighted by molar-refractivity contribution is -0.122. The zero-order valence-corrected chi connectivity index (χ0v) is 15.9. The first kappa shape index (κ1) is 20.1. The van der Waals surface area contributed by atoms with Crippen LogP contribution in [0.2, 0.25) is 10.0 Å². The molecule has 0 saturated carbocycles. The highest BCUT2D eigenvalue weighted by Crippen LogP contribution is 2.27. The number of hydrogen-bond donors (Lipinski definition) is 1. The van der Waals surface area contributed by atoms with Gasteiger partial charge in [0.05, 0.1) is 22.9 Å². The van der Waals surface area contributed by atoms with Gasteiger partial charge in [0.25, 0.3) is 5.91 Å². The van der Waals surface area contributed by atoms with Gasteiger partial charge in [0, 0.05) is 11.1 Å². The van der Waals surface area contributed by atoms with Crippen LogP contribution >= 0.6 is 23.2 Å². The Morgan fingerprint density at radius 1 is 1.23 bits per heavy atom. The second kappa shape index (κ2) is 9.46. The van der Waals surface area contributed by atoms with E-state index < -0.39 is 12.0 Å². The Bertz CT molecular complexity index is 795. The van der Waals surface area contributed by atoms with E-state index in [9.17, 15) is 9.59 Å². The second-order valence-electron chi connectivity index (χ2n) is 5.54. The topological polar surface area (TPSA) is 64.6 Å². The molecule has 0 saturated heterocycles. The maximum atomic E-state index is 12.4. The molecule has 0 aliphatic heterocycles. The zero-order chi connectivity index (χ0) is 19.1. The Hall–Kier alpha value is -2.24. The molecule has 0 heterocycles. The Labute approximate surface area is 162 Å². The van der Waals surface area contributed by atoms with Crippen molar-refractivity contribution in [1.29, 1.82) is 0 Å². The van der Waals surface area contributed by atoms with E-state index in [0.29, 0.717) is 39.9 Å². The van der Waals surface area contributed by atoms with Crippen LogP contribution in [0, 0.1) is 0 Å². The molecule has 1 atom stereocenters. The van der Waals surface area contributed by atoms with Crippen molar-refractivity contribution in [2.24, 2.45) is 0 Å². The lowest BCUT2D eigenvalue weighted by Gasteiger charge is -2.17. The molecule has 26 heavy (non-hydrogen) atoms. The number of rotatable bonds is 8. The van der Waals surface area contributed by atoms with E-state index in [2.05, 4.69) is 5.32 Å². The molecule has 0 bridgehead atoms. The van der Waals surface area contributed by atoms with Gasteiger partial charge in [-0.25, -0.2) is 0 Å². The maximum Gasteiger partial charge on any atom is 0.265 e. The van der Waals surface area contributed by atoms with E-state index in [1.165, 1.54) is 6.07 Å². The molecule has 0 aromatic heterocycles. The van der Waals surface area contributed by atoms with Gasteiger partial charge in [0.15, 0.2) is 12.4 Å². The first-order valence-corrected chi connectivity index (χ1v) is 8.84. The van der Waals surface area contributed by atoms with Crippen molar-refractivity contribution in [3.05, 3.63) is 52.0 Å². The lowest BCUT2D eigenvalue weighted by Crippen LogP contribution is -2.30. The van der Waals surface area contributed by atoms with Crippen molar-refractivity contribution in [3.8, 4) is 11.5 Å². The number of anilines is 1. The highest BCUT2D eigenvalue weighted by atomic mass is 35.5. The van der Waals surface area contributed by atoms with Crippen LogP contribution in [-0.2, 0) is 4.79 Å². The van der Waals surface area contributed by atoms with Crippen LogP contribution in [0.1, 0.15) is 30.6 Å². The summed E-state index contributed by atoms with van der Waals surface area (Å²) in [6.07, 6.45) is 0.660. The molecule has 0 fully saturated rings. The predicted molar refractivity (Wildman–Crippen MR) is 103 cm³/mol. The maximum absolute atomic E-state index is 12.4. The summed E-state index contributed by atoms with van der Waals surface area (Å²) in [6.45, 7) is 4.11. The van der Waals surface area contributed by atoms with E-state index in [1.807, 2.05) is 6.92 Å². The molecule has 0 aliphatic rings. The van der Waals surface area contributed by atoms with Crippen LogP contribution in [0.15, 0.2) is 36.4 Å². The highest BCUT2D eigenvalue weighted by Gasteiger charge is 2.18. The van der Waals surface area contributed by atoms with Crippen LogP contribution in [0.4, 0.5) is 5.69 Å². The summed E-state index contributed by atoms with van der Waals surface area (Å²) in [5.74, 6) is 0.435. The number of halogens is 2. The Kier molecular flexibility index (Phi) is 7.30. The third-order valence-electron chi connectivity index (χ3n) is 3.45. The fourth-order valence-corrected chi connectivity index (χ4v) is 2.55. The van der Waals surface area contributed by atoms with Gasteiger partial charge in [-0.3, -0.25) is 9.59 Å². The molecule has 1 amide bonds. The number of amides is 1. The first-order valence-electron chi connectivity index (χ1n) is 8.09. The minimum Gasteiger partial charge on any atom is -0.493 e. The minimum absolute atomic E-state index is 0.276. The molecule has 2 aromatic carbocycles. The number of ether oxygens (including phenoxy) is 2. The number of carbonyl (C=O) groups is 2. The van der Waals surface area contributed by atoms with E-state index in [-0.39, 0.29) is 5.75 Å². The van der Waals surface area contributed by atoms with Crippen LogP contribution in [0.25, 0.3) is 0 Å². The molecule has 5 nitrogen and oxygen atoms in total. The zero-order valence-electron chi connectivity index (χ0n) is 14.4. The number of hydrogen-bond acceptors (Lipinski definition) is 4. The summed E-state index contributed by atoms with van der Waals surface area (Å²) >= 11 is 11.9. The summed E-state index contributed by atoms with van der Waals surface area (Å²) in [7, 11) is 0. The van der Waals surface area contributed by atoms with Crippen LogP contribution in [0.3, 0.4) is 0 Å². The summed E-state index contributed by atoms with van der Waals surface area (Å²) in [5, 5.41) is 3.46. The second-order valence-corrected chi connectivity index (χ2v) is 6.38. The SMILES string of the molecule is CCCOc1ccc(C=O)c(O[C@@H](C)C(=O)Nc2ccc(Cl)cc2Cl)c1. The number of nitrogens with one attached hydrogen (secondary N) is 1. The largest absolute Gasteiger partial charge is 0.493 e. The summed E-state index contributed by atoms with van der Waals surface area (Å²) in [5.41, 5.74) is 0.755. The number of carbonyl (C=O) groups excluding carboxylic acids is 2. The monoisotopic (exact) mass is 395 g/mol. The molecule has 1 N–H and O–H groups in total. The van der Waals surface area contributed by atoms with E-state index in [0.717, 1.165) is 6.42 Å². The minimum atomic E-state index is -0.859. The van der Waals surface area contributed by atoms with Gasteiger partial charge in [-0.15, -0.1) is 0 Å².